The number of aromatic hydroxyl groups is 1. The van der Waals surface area contributed by atoms with Crippen molar-refractivity contribution < 1.29 is 9.90 Å². The van der Waals surface area contributed by atoms with Crippen LogP contribution in [0, 0.1) is 5.92 Å². The predicted molar refractivity (Wildman–Crippen MR) is 84.6 cm³/mol. The molecule has 1 aliphatic heterocycles. The second kappa shape index (κ2) is 7.31. The molecule has 1 saturated heterocycles. The fourth-order valence-corrected chi connectivity index (χ4v) is 2.66. The molecule has 0 aliphatic carbocycles. The van der Waals surface area contributed by atoms with Gasteiger partial charge in [-0.1, -0.05) is 26.0 Å². The zero-order chi connectivity index (χ0) is 15.2. The minimum Gasteiger partial charge on any atom is -0.506 e. The van der Waals surface area contributed by atoms with Gasteiger partial charge in [-0.15, -0.1) is 0 Å². The molecule has 0 aromatic heterocycles. The number of para-hydroxylation sites is 2. The van der Waals surface area contributed by atoms with Gasteiger partial charge in [0.05, 0.1) is 5.69 Å². The minimum atomic E-state index is 0.0154. The second-order valence-corrected chi connectivity index (χ2v) is 5.51. The molecule has 1 heterocycles. The van der Waals surface area contributed by atoms with E-state index in [-0.39, 0.29) is 11.8 Å². The highest BCUT2D eigenvalue weighted by molar-refractivity contribution is 5.79. The van der Waals surface area contributed by atoms with Crippen LogP contribution in [0.2, 0.25) is 0 Å². The Morgan fingerprint density at radius 3 is 2.57 bits per heavy atom. The Kier molecular flexibility index (Phi) is 5.44. The third-order valence-electron chi connectivity index (χ3n) is 3.94. The topological polar surface area (TPSA) is 55.8 Å². The highest BCUT2D eigenvalue weighted by Crippen LogP contribution is 2.27. The third-order valence-corrected chi connectivity index (χ3v) is 3.94. The van der Waals surface area contributed by atoms with Crippen LogP contribution in [-0.4, -0.2) is 55.2 Å². The Morgan fingerprint density at radius 1 is 1.29 bits per heavy atom. The van der Waals surface area contributed by atoms with Crippen LogP contribution in [0.1, 0.15) is 13.8 Å². The molecule has 0 bridgehead atoms. The summed E-state index contributed by atoms with van der Waals surface area (Å²) in [5.41, 5.74) is 0.852. The number of anilines is 1. The fourth-order valence-electron chi connectivity index (χ4n) is 2.66. The van der Waals surface area contributed by atoms with E-state index in [4.69, 9.17) is 0 Å². The summed E-state index contributed by atoms with van der Waals surface area (Å²) in [4.78, 5) is 16.4. The van der Waals surface area contributed by atoms with E-state index >= 15 is 0 Å². The lowest BCUT2D eigenvalue weighted by Crippen LogP contribution is -2.51. The molecule has 1 aliphatic rings. The Labute approximate surface area is 126 Å². The average molecular weight is 291 g/mol. The lowest BCUT2D eigenvalue weighted by atomic mass is 10.1. The number of hydrogen-bond acceptors (Lipinski definition) is 4. The van der Waals surface area contributed by atoms with Gasteiger partial charge in [-0.05, 0) is 18.7 Å². The molecule has 0 spiro atoms. The first kappa shape index (κ1) is 15.6. The number of amides is 1. The van der Waals surface area contributed by atoms with Crippen LogP contribution in [0.4, 0.5) is 5.69 Å². The van der Waals surface area contributed by atoms with E-state index in [1.54, 1.807) is 6.07 Å². The largest absolute Gasteiger partial charge is 0.506 e. The van der Waals surface area contributed by atoms with Gasteiger partial charge in [-0.25, -0.2) is 0 Å². The summed E-state index contributed by atoms with van der Waals surface area (Å²) < 4.78 is 0. The molecule has 5 nitrogen and oxygen atoms in total. The summed E-state index contributed by atoms with van der Waals surface area (Å²) in [7, 11) is 0. The standard InChI is InChI=1S/C16H25N3O2/c1-3-17-12-13(2)16(21)19-10-8-18(9-11-19)14-6-4-5-7-15(14)20/h4-7,13,17,20H,3,8-12H2,1-2H3. The fraction of sp³-hybridized carbons (Fsp3) is 0.562. The van der Waals surface area contributed by atoms with E-state index in [1.165, 1.54) is 0 Å². The normalized spacial score (nSPS) is 16.9. The van der Waals surface area contributed by atoms with Crippen molar-refractivity contribution in [2.45, 2.75) is 13.8 Å². The van der Waals surface area contributed by atoms with Gasteiger partial charge in [0.2, 0.25) is 5.91 Å². The third kappa shape index (κ3) is 3.88. The van der Waals surface area contributed by atoms with Gasteiger partial charge in [0, 0.05) is 38.6 Å². The Hall–Kier alpha value is -1.75. The molecule has 1 fully saturated rings. The van der Waals surface area contributed by atoms with E-state index in [2.05, 4.69) is 10.2 Å². The highest BCUT2D eigenvalue weighted by Gasteiger charge is 2.25. The molecule has 1 aromatic carbocycles. The zero-order valence-corrected chi connectivity index (χ0v) is 12.9. The predicted octanol–water partition coefficient (Wildman–Crippen LogP) is 1.29. The lowest BCUT2D eigenvalue weighted by molar-refractivity contribution is -0.135. The summed E-state index contributed by atoms with van der Waals surface area (Å²) in [6, 6.07) is 7.36. The van der Waals surface area contributed by atoms with Crippen LogP contribution in [0.15, 0.2) is 24.3 Å². The Morgan fingerprint density at radius 2 is 1.95 bits per heavy atom. The van der Waals surface area contributed by atoms with Crippen molar-refractivity contribution in [2.24, 2.45) is 5.92 Å². The van der Waals surface area contributed by atoms with Gasteiger partial charge < -0.3 is 20.2 Å². The van der Waals surface area contributed by atoms with Crippen molar-refractivity contribution in [1.82, 2.24) is 10.2 Å². The first-order chi connectivity index (χ1) is 10.1. The lowest BCUT2D eigenvalue weighted by Gasteiger charge is -2.37. The number of hydrogen-bond donors (Lipinski definition) is 2. The molecule has 2 N–H and O–H groups in total. The van der Waals surface area contributed by atoms with Gasteiger partial charge in [-0.3, -0.25) is 4.79 Å². The maximum Gasteiger partial charge on any atom is 0.226 e. The molecule has 1 atom stereocenters. The first-order valence-corrected chi connectivity index (χ1v) is 7.66. The number of nitrogens with zero attached hydrogens (tertiary/aromatic N) is 2. The molecule has 1 amide bonds. The number of carbonyl (C=O) groups excluding carboxylic acids is 1. The number of rotatable bonds is 5. The molecule has 21 heavy (non-hydrogen) atoms. The van der Waals surface area contributed by atoms with Gasteiger partial charge in [0.15, 0.2) is 0 Å². The van der Waals surface area contributed by atoms with Crippen molar-refractivity contribution in [2.75, 3.05) is 44.2 Å². The molecule has 1 unspecified atom stereocenters. The van der Waals surface area contributed by atoms with Crippen LogP contribution in [0.3, 0.4) is 0 Å². The molecule has 0 radical (unpaired) electrons. The van der Waals surface area contributed by atoms with Crippen molar-refractivity contribution in [3.63, 3.8) is 0 Å². The summed E-state index contributed by atoms with van der Waals surface area (Å²) in [6.45, 7) is 8.58. The van der Waals surface area contributed by atoms with Gasteiger partial charge >= 0.3 is 0 Å². The quantitative estimate of drug-likeness (QED) is 0.858. The molecular formula is C16H25N3O2. The van der Waals surface area contributed by atoms with Crippen LogP contribution >= 0.6 is 0 Å². The average Bonchev–Trinajstić information content (AvgIpc) is 2.52. The maximum absolute atomic E-state index is 12.3. The van der Waals surface area contributed by atoms with Gasteiger partial charge in [0.1, 0.15) is 5.75 Å². The monoisotopic (exact) mass is 291 g/mol. The summed E-state index contributed by atoms with van der Waals surface area (Å²) in [6.07, 6.45) is 0. The van der Waals surface area contributed by atoms with Crippen LogP contribution in [0.5, 0.6) is 5.75 Å². The number of benzene rings is 1. The SMILES string of the molecule is CCNCC(C)C(=O)N1CCN(c2ccccc2O)CC1. The molecule has 2 rings (SSSR count). The summed E-state index contributed by atoms with van der Waals surface area (Å²) in [5, 5.41) is 13.1. The number of phenols is 1. The molecule has 1 aromatic rings. The smallest absolute Gasteiger partial charge is 0.226 e. The summed E-state index contributed by atoms with van der Waals surface area (Å²) >= 11 is 0. The molecule has 0 saturated carbocycles. The maximum atomic E-state index is 12.3. The number of piperazine rings is 1. The first-order valence-electron chi connectivity index (χ1n) is 7.66. The number of phenolic OH excluding ortho intramolecular Hbond substituents is 1. The molecule has 116 valence electrons. The molecular weight excluding hydrogens is 266 g/mol. The Balaban J connectivity index is 1.88. The summed E-state index contributed by atoms with van der Waals surface area (Å²) in [5.74, 6) is 0.535. The van der Waals surface area contributed by atoms with Crippen LogP contribution < -0.4 is 10.2 Å². The minimum absolute atomic E-state index is 0.0154. The Bertz CT molecular complexity index is 470. The van der Waals surface area contributed by atoms with E-state index in [0.29, 0.717) is 18.8 Å². The van der Waals surface area contributed by atoms with E-state index < -0.39 is 0 Å². The second-order valence-electron chi connectivity index (χ2n) is 5.51. The van der Waals surface area contributed by atoms with Crippen LogP contribution in [0.25, 0.3) is 0 Å². The van der Waals surface area contributed by atoms with Crippen molar-refractivity contribution in [3.05, 3.63) is 24.3 Å². The van der Waals surface area contributed by atoms with Crippen LogP contribution in [-0.2, 0) is 4.79 Å². The van der Waals surface area contributed by atoms with E-state index in [1.807, 2.05) is 36.9 Å². The zero-order valence-electron chi connectivity index (χ0n) is 12.9. The van der Waals surface area contributed by atoms with Gasteiger partial charge in [0.25, 0.3) is 0 Å². The van der Waals surface area contributed by atoms with E-state index in [9.17, 15) is 9.90 Å². The highest BCUT2D eigenvalue weighted by atomic mass is 16.3. The van der Waals surface area contributed by atoms with Gasteiger partial charge in [-0.2, -0.15) is 0 Å². The molecule has 5 heteroatoms. The number of nitrogens with one attached hydrogen (secondary N) is 1. The van der Waals surface area contributed by atoms with Crippen molar-refractivity contribution >= 4 is 11.6 Å². The van der Waals surface area contributed by atoms with E-state index in [0.717, 1.165) is 31.9 Å². The van der Waals surface area contributed by atoms with Crippen molar-refractivity contribution in [1.29, 1.82) is 0 Å². The van der Waals surface area contributed by atoms with Crippen molar-refractivity contribution in [3.8, 4) is 5.75 Å². The number of carbonyl (C=O) groups is 1.